The minimum Gasteiger partial charge on any atom is -0.469 e. The second-order valence-electron chi connectivity index (χ2n) is 6.50. The minimum atomic E-state index is -4.53. The molecule has 128 valence electrons. The van der Waals surface area contributed by atoms with Crippen LogP contribution in [0, 0.1) is 17.3 Å². The van der Waals surface area contributed by atoms with Gasteiger partial charge in [-0.15, -0.1) is 0 Å². The Kier molecular flexibility index (Phi) is 6.75. The van der Waals surface area contributed by atoms with Crippen molar-refractivity contribution in [1.82, 2.24) is 0 Å². The first-order chi connectivity index (χ1) is 9.84. The highest BCUT2D eigenvalue weighted by Gasteiger charge is 2.58. The minimum absolute atomic E-state index is 0.0679. The summed E-state index contributed by atoms with van der Waals surface area (Å²) in [5.74, 6) is -1.10. The summed E-state index contributed by atoms with van der Waals surface area (Å²) in [5.41, 5.74) is 4.75. The van der Waals surface area contributed by atoms with E-state index in [0.717, 1.165) is 13.8 Å². The summed E-state index contributed by atoms with van der Waals surface area (Å²) in [7, 11) is 1.24. The summed E-state index contributed by atoms with van der Waals surface area (Å²) in [6, 6.07) is 0. The van der Waals surface area contributed by atoms with Gasteiger partial charge < -0.3 is 4.74 Å². The summed E-state index contributed by atoms with van der Waals surface area (Å²) in [5, 5.41) is 3.42. The van der Waals surface area contributed by atoms with Crippen LogP contribution < -0.4 is 0 Å². The molecular formula is C14H24F3N3O2. The van der Waals surface area contributed by atoms with E-state index in [1.807, 2.05) is 0 Å². The fraction of sp³-hybridized carbons (Fsp3) is 0.929. The van der Waals surface area contributed by atoms with Crippen LogP contribution in [0.25, 0.3) is 10.4 Å². The molecule has 0 aromatic carbocycles. The number of azide groups is 1. The summed E-state index contributed by atoms with van der Waals surface area (Å²) < 4.78 is 44.5. The van der Waals surface area contributed by atoms with Crippen LogP contribution in [0.4, 0.5) is 13.2 Å². The van der Waals surface area contributed by atoms with Crippen LogP contribution in [0.15, 0.2) is 5.11 Å². The number of ether oxygens (including phenoxy) is 1. The van der Waals surface area contributed by atoms with Gasteiger partial charge in [-0.25, -0.2) is 0 Å². The lowest BCUT2D eigenvalue weighted by molar-refractivity contribution is -0.233. The van der Waals surface area contributed by atoms with Crippen LogP contribution in [-0.2, 0) is 9.53 Å². The number of halogens is 3. The fourth-order valence-corrected chi connectivity index (χ4v) is 2.20. The second kappa shape index (κ2) is 7.22. The molecule has 22 heavy (non-hydrogen) atoms. The standard InChI is InChI=1S/C14H24F3N3O2/c1-9(2)10(11(21)22-6)7-8-13(5,19-20-18)12(3,4)14(15,16)17/h9-10H,7-8H2,1-6H3. The topological polar surface area (TPSA) is 75.1 Å². The molecule has 0 bridgehead atoms. The molecule has 8 heteroatoms. The molecule has 5 nitrogen and oxygen atoms in total. The average Bonchev–Trinajstić information content (AvgIpc) is 2.36. The number of rotatable bonds is 7. The predicted molar refractivity (Wildman–Crippen MR) is 77.0 cm³/mol. The Bertz CT molecular complexity index is 443. The zero-order chi connectivity index (χ0) is 17.8. The number of hydrogen-bond donors (Lipinski definition) is 0. The SMILES string of the molecule is COC(=O)C(CCC(C)(N=[N+]=[N-])C(C)(C)C(F)(F)F)C(C)C. The third kappa shape index (κ3) is 4.29. The highest BCUT2D eigenvalue weighted by Crippen LogP contribution is 2.50. The van der Waals surface area contributed by atoms with Gasteiger partial charge in [0.25, 0.3) is 0 Å². The van der Waals surface area contributed by atoms with Crippen molar-refractivity contribution in [2.75, 3.05) is 7.11 Å². The molecule has 0 spiro atoms. The lowest BCUT2D eigenvalue weighted by Crippen LogP contribution is -2.50. The number of nitrogens with zero attached hydrogens (tertiary/aromatic N) is 3. The van der Waals surface area contributed by atoms with Gasteiger partial charge in [0.2, 0.25) is 0 Å². The van der Waals surface area contributed by atoms with Gasteiger partial charge in [-0.2, -0.15) is 13.2 Å². The Morgan fingerprint density at radius 3 is 2.09 bits per heavy atom. The molecule has 0 saturated heterocycles. The molecule has 0 aliphatic heterocycles. The normalized spacial score (nSPS) is 16.6. The second-order valence-corrected chi connectivity index (χ2v) is 6.50. The molecule has 0 radical (unpaired) electrons. The molecule has 0 aromatic rings. The predicted octanol–water partition coefficient (Wildman–Crippen LogP) is 4.87. The van der Waals surface area contributed by atoms with E-state index in [-0.39, 0.29) is 18.8 Å². The number of hydrogen-bond acceptors (Lipinski definition) is 3. The molecule has 0 heterocycles. The average molecular weight is 323 g/mol. The number of esters is 1. The van der Waals surface area contributed by atoms with Crippen molar-refractivity contribution in [3.05, 3.63) is 10.4 Å². The zero-order valence-electron chi connectivity index (χ0n) is 13.9. The maximum atomic E-state index is 13.3. The van der Waals surface area contributed by atoms with Gasteiger partial charge in [0.05, 0.1) is 24.0 Å². The molecule has 0 fully saturated rings. The summed E-state index contributed by atoms with van der Waals surface area (Å²) in [4.78, 5) is 14.3. The van der Waals surface area contributed by atoms with E-state index in [4.69, 9.17) is 5.53 Å². The van der Waals surface area contributed by atoms with E-state index in [1.165, 1.54) is 14.0 Å². The van der Waals surface area contributed by atoms with E-state index < -0.39 is 29.0 Å². The first-order valence-corrected chi connectivity index (χ1v) is 7.05. The van der Waals surface area contributed by atoms with Gasteiger partial charge in [0.15, 0.2) is 0 Å². The van der Waals surface area contributed by atoms with Crippen molar-refractivity contribution in [2.45, 2.75) is 59.2 Å². The number of carbonyl (C=O) groups is 1. The summed E-state index contributed by atoms with van der Waals surface area (Å²) in [6.07, 6.45) is -4.45. The van der Waals surface area contributed by atoms with Crippen molar-refractivity contribution >= 4 is 5.97 Å². The van der Waals surface area contributed by atoms with Gasteiger partial charge in [0.1, 0.15) is 0 Å². The van der Waals surface area contributed by atoms with Gasteiger partial charge >= 0.3 is 12.1 Å². The van der Waals surface area contributed by atoms with Crippen molar-refractivity contribution in [3.63, 3.8) is 0 Å². The monoisotopic (exact) mass is 323 g/mol. The summed E-state index contributed by atoms with van der Waals surface area (Å²) >= 11 is 0. The van der Waals surface area contributed by atoms with Gasteiger partial charge in [-0.05, 0) is 24.3 Å². The van der Waals surface area contributed by atoms with E-state index in [2.05, 4.69) is 14.8 Å². The van der Waals surface area contributed by atoms with Crippen LogP contribution in [0.5, 0.6) is 0 Å². The van der Waals surface area contributed by atoms with Crippen molar-refractivity contribution in [3.8, 4) is 0 Å². The van der Waals surface area contributed by atoms with E-state index in [9.17, 15) is 18.0 Å². The molecule has 0 N–H and O–H groups in total. The number of methoxy groups -OCH3 is 1. The number of carbonyl (C=O) groups excluding carboxylic acids is 1. The van der Waals surface area contributed by atoms with E-state index in [1.54, 1.807) is 13.8 Å². The van der Waals surface area contributed by atoms with Gasteiger partial charge in [-0.3, -0.25) is 4.79 Å². The Hall–Kier alpha value is -1.43. The molecule has 0 aliphatic carbocycles. The Labute approximate surface area is 128 Å². The summed E-state index contributed by atoms with van der Waals surface area (Å²) in [6.45, 7) is 6.87. The van der Waals surface area contributed by atoms with Gasteiger partial charge in [-0.1, -0.05) is 39.7 Å². The van der Waals surface area contributed by atoms with Crippen LogP contribution in [0.1, 0.15) is 47.5 Å². The quantitative estimate of drug-likeness (QED) is 0.290. The first kappa shape index (κ1) is 20.6. The Balaban J connectivity index is 5.46. The lowest BCUT2D eigenvalue weighted by Gasteiger charge is -2.42. The third-order valence-electron chi connectivity index (χ3n) is 4.57. The molecule has 0 aliphatic rings. The number of alkyl halides is 3. The molecule has 0 amide bonds. The smallest absolute Gasteiger partial charge is 0.394 e. The molecule has 2 atom stereocenters. The first-order valence-electron chi connectivity index (χ1n) is 7.05. The third-order valence-corrected chi connectivity index (χ3v) is 4.57. The maximum absolute atomic E-state index is 13.3. The van der Waals surface area contributed by atoms with Crippen LogP contribution in [0.3, 0.4) is 0 Å². The highest BCUT2D eigenvalue weighted by molar-refractivity contribution is 5.72. The van der Waals surface area contributed by atoms with Crippen LogP contribution in [0.2, 0.25) is 0 Å². The molecular weight excluding hydrogens is 299 g/mol. The Morgan fingerprint density at radius 1 is 1.27 bits per heavy atom. The van der Waals surface area contributed by atoms with Crippen LogP contribution >= 0.6 is 0 Å². The fourth-order valence-electron chi connectivity index (χ4n) is 2.20. The zero-order valence-corrected chi connectivity index (χ0v) is 13.9. The van der Waals surface area contributed by atoms with E-state index in [0.29, 0.717) is 0 Å². The van der Waals surface area contributed by atoms with Crippen molar-refractivity contribution in [1.29, 1.82) is 0 Å². The van der Waals surface area contributed by atoms with Gasteiger partial charge in [0, 0.05) is 4.91 Å². The largest absolute Gasteiger partial charge is 0.469 e. The molecule has 0 rings (SSSR count). The Morgan fingerprint density at radius 2 is 1.77 bits per heavy atom. The highest BCUT2D eigenvalue weighted by atomic mass is 19.4. The van der Waals surface area contributed by atoms with Crippen molar-refractivity contribution in [2.24, 2.45) is 22.4 Å². The van der Waals surface area contributed by atoms with E-state index >= 15 is 0 Å². The lowest BCUT2D eigenvalue weighted by atomic mass is 9.69. The maximum Gasteiger partial charge on any atom is 0.394 e. The molecule has 0 saturated carbocycles. The molecule has 0 aromatic heterocycles. The van der Waals surface area contributed by atoms with Crippen molar-refractivity contribution < 1.29 is 22.7 Å². The van der Waals surface area contributed by atoms with Crippen LogP contribution in [-0.4, -0.2) is 24.8 Å². The molecule has 2 unspecified atom stereocenters.